The quantitative estimate of drug-likeness (QED) is 0.486. The van der Waals surface area contributed by atoms with Gasteiger partial charge in [0.15, 0.2) is 6.29 Å². The normalized spacial score (nSPS) is 19.4. The lowest BCUT2D eigenvalue weighted by Crippen LogP contribution is -2.28. The zero-order valence-corrected chi connectivity index (χ0v) is 17.9. The number of benzene rings is 2. The Kier molecular flexibility index (Phi) is 6.30. The van der Waals surface area contributed by atoms with Crippen LogP contribution in [-0.2, 0) is 9.47 Å². The van der Waals surface area contributed by atoms with Gasteiger partial charge in [0.2, 0.25) is 0 Å². The van der Waals surface area contributed by atoms with Crippen LogP contribution < -0.4 is 0 Å². The van der Waals surface area contributed by atoms with Gasteiger partial charge in [-0.2, -0.15) is 0 Å². The van der Waals surface area contributed by atoms with Crippen molar-refractivity contribution < 1.29 is 18.3 Å². The molecule has 3 aromatic rings. The first-order chi connectivity index (χ1) is 14.9. The van der Waals surface area contributed by atoms with E-state index in [4.69, 9.17) is 14.5 Å². The molecule has 0 amide bonds. The van der Waals surface area contributed by atoms with Crippen LogP contribution >= 0.6 is 0 Å². The maximum atomic E-state index is 13.6. The monoisotopic (exact) mass is 424 g/mol. The largest absolute Gasteiger partial charge is 0.349 e. The summed E-state index contributed by atoms with van der Waals surface area (Å²) in [5.74, 6) is 0.330. The van der Waals surface area contributed by atoms with Crippen molar-refractivity contribution in [3.63, 3.8) is 0 Å². The number of imidazole rings is 1. The van der Waals surface area contributed by atoms with Crippen LogP contribution in [0.1, 0.15) is 38.9 Å². The average Bonchev–Trinajstić information content (AvgIpc) is 3.13. The molecule has 0 spiro atoms. The van der Waals surface area contributed by atoms with E-state index in [0.717, 1.165) is 29.1 Å². The number of ether oxygens (including phenoxy) is 2. The molecule has 0 saturated carbocycles. The van der Waals surface area contributed by atoms with Gasteiger partial charge in [0, 0.05) is 23.2 Å². The van der Waals surface area contributed by atoms with Crippen molar-refractivity contribution in [2.45, 2.75) is 45.5 Å². The fourth-order valence-corrected chi connectivity index (χ4v) is 3.64. The standard InChI is InChI=1S/C25H26F2N2O2/c1-16(2)25-28-23(18-4-8-20(26)9-5-18)24(19-6-10-21(27)11-7-19)29(25)14-12-22-30-15-13-17(3)31-22/h4-12,14,16-17,22H,13,15H2,1-3H3. The highest BCUT2D eigenvalue weighted by molar-refractivity contribution is 5.80. The molecule has 1 fully saturated rings. The van der Waals surface area contributed by atoms with E-state index >= 15 is 0 Å². The molecule has 1 saturated heterocycles. The molecular formula is C25H26F2N2O2. The van der Waals surface area contributed by atoms with Crippen LogP contribution in [0, 0.1) is 11.6 Å². The highest BCUT2D eigenvalue weighted by Gasteiger charge is 2.22. The summed E-state index contributed by atoms with van der Waals surface area (Å²) in [5.41, 5.74) is 3.10. The molecule has 2 unspecified atom stereocenters. The average molecular weight is 424 g/mol. The van der Waals surface area contributed by atoms with E-state index in [1.165, 1.54) is 24.3 Å². The highest BCUT2D eigenvalue weighted by Crippen LogP contribution is 2.35. The molecule has 2 heterocycles. The maximum absolute atomic E-state index is 13.6. The molecule has 4 nitrogen and oxygen atoms in total. The summed E-state index contributed by atoms with van der Waals surface area (Å²) in [6, 6.07) is 12.5. The fourth-order valence-electron chi connectivity index (χ4n) is 3.64. The van der Waals surface area contributed by atoms with Crippen molar-refractivity contribution in [1.29, 1.82) is 0 Å². The lowest BCUT2D eigenvalue weighted by molar-refractivity contribution is -0.180. The topological polar surface area (TPSA) is 36.3 Å². The molecule has 1 aromatic heterocycles. The van der Waals surface area contributed by atoms with Gasteiger partial charge < -0.3 is 14.0 Å². The molecule has 0 N–H and O–H groups in total. The molecule has 6 heteroatoms. The lowest BCUT2D eigenvalue weighted by atomic mass is 10.0. The van der Waals surface area contributed by atoms with Gasteiger partial charge in [0.25, 0.3) is 0 Å². The molecular weight excluding hydrogens is 398 g/mol. The van der Waals surface area contributed by atoms with Gasteiger partial charge in [-0.05, 0) is 68.0 Å². The van der Waals surface area contributed by atoms with Gasteiger partial charge in [-0.3, -0.25) is 0 Å². The predicted molar refractivity (Wildman–Crippen MR) is 117 cm³/mol. The zero-order chi connectivity index (χ0) is 22.0. The molecule has 0 aliphatic carbocycles. The van der Waals surface area contributed by atoms with Crippen molar-refractivity contribution in [3.8, 4) is 22.5 Å². The number of nitrogens with zero attached hydrogens (tertiary/aromatic N) is 2. The highest BCUT2D eigenvalue weighted by atomic mass is 19.1. The van der Waals surface area contributed by atoms with E-state index in [2.05, 4.69) is 13.8 Å². The van der Waals surface area contributed by atoms with Crippen LogP contribution in [0.3, 0.4) is 0 Å². The molecule has 162 valence electrons. The van der Waals surface area contributed by atoms with Gasteiger partial charge >= 0.3 is 0 Å². The van der Waals surface area contributed by atoms with Gasteiger partial charge in [-0.25, -0.2) is 13.8 Å². The Morgan fingerprint density at radius 2 is 1.61 bits per heavy atom. The van der Waals surface area contributed by atoms with E-state index in [1.54, 1.807) is 24.3 Å². The molecule has 2 aromatic carbocycles. The number of hydrogen-bond acceptors (Lipinski definition) is 3. The molecule has 1 aliphatic rings. The molecule has 31 heavy (non-hydrogen) atoms. The van der Waals surface area contributed by atoms with Crippen molar-refractivity contribution in [2.24, 2.45) is 0 Å². The molecule has 1 aliphatic heterocycles. The van der Waals surface area contributed by atoms with E-state index in [9.17, 15) is 8.78 Å². The first-order valence-corrected chi connectivity index (χ1v) is 10.5. The summed E-state index contributed by atoms with van der Waals surface area (Å²) in [7, 11) is 0. The van der Waals surface area contributed by atoms with Crippen LogP contribution in [0.15, 0.2) is 54.6 Å². The second-order valence-electron chi connectivity index (χ2n) is 8.02. The Bertz CT molecular complexity index is 1060. The van der Waals surface area contributed by atoms with Crippen LogP contribution in [0.4, 0.5) is 8.78 Å². The van der Waals surface area contributed by atoms with Gasteiger partial charge in [-0.15, -0.1) is 0 Å². The first-order valence-electron chi connectivity index (χ1n) is 10.5. The fraction of sp³-hybridized carbons (Fsp3) is 0.320. The molecule has 4 rings (SSSR count). The Labute approximate surface area is 181 Å². The van der Waals surface area contributed by atoms with Crippen LogP contribution in [0.5, 0.6) is 0 Å². The number of aromatic nitrogens is 2. The molecule has 0 radical (unpaired) electrons. The Morgan fingerprint density at radius 1 is 1.00 bits per heavy atom. The predicted octanol–water partition coefficient (Wildman–Crippen LogP) is 6.24. The van der Waals surface area contributed by atoms with Gasteiger partial charge in [0.1, 0.15) is 17.5 Å². The Morgan fingerprint density at radius 3 is 2.19 bits per heavy atom. The summed E-state index contributed by atoms with van der Waals surface area (Å²) >= 11 is 0. The Hall–Kier alpha value is -2.83. The Balaban J connectivity index is 1.86. The van der Waals surface area contributed by atoms with Crippen molar-refractivity contribution >= 4 is 6.20 Å². The van der Waals surface area contributed by atoms with E-state index in [-0.39, 0.29) is 23.7 Å². The summed E-state index contributed by atoms with van der Waals surface area (Å²) in [4.78, 5) is 4.90. The van der Waals surface area contributed by atoms with E-state index < -0.39 is 6.29 Å². The maximum Gasteiger partial charge on any atom is 0.178 e. The number of rotatable bonds is 5. The van der Waals surface area contributed by atoms with Gasteiger partial charge in [-0.1, -0.05) is 13.8 Å². The number of hydrogen-bond donors (Lipinski definition) is 0. The van der Waals surface area contributed by atoms with Gasteiger partial charge in [0.05, 0.1) is 24.1 Å². The van der Waals surface area contributed by atoms with Crippen molar-refractivity contribution in [3.05, 3.63) is 72.1 Å². The third kappa shape index (κ3) is 4.75. The van der Waals surface area contributed by atoms with Crippen molar-refractivity contribution in [2.75, 3.05) is 6.61 Å². The summed E-state index contributed by atoms with van der Waals surface area (Å²) < 4.78 is 40.7. The van der Waals surface area contributed by atoms with Crippen LogP contribution in [0.25, 0.3) is 28.7 Å². The van der Waals surface area contributed by atoms with Crippen molar-refractivity contribution in [1.82, 2.24) is 9.55 Å². The molecule has 2 atom stereocenters. The van der Waals surface area contributed by atoms with E-state index in [0.29, 0.717) is 12.3 Å². The minimum absolute atomic E-state index is 0.116. The third-order valence-electron chi connectivity index (χ3n) is 5.26. The second-order valence-corrected chi connectivity index (χ2v) is 8.02. The van der Waals surface area contributed by atoms with Crippen LogP contribution in [-0.4, -0.2) is 28.6 Å². The SMILES string of the molecule is CC1CCOC(C=Cn2c(C(C)C)nc(-c3ccc(F)cc3)c2-c2ccc(F)cc2)O1. The summed E-state index contributed by atoms with van der Waals surface area (Å²) in [6.07, 6.45) is 4.31. The third-order valence-corrected chi connectivity index (χ3v) is 5.26. The lowest BCUT2D eigenvalue weighted by Gasteiger charge is -2.26. The zero-order valence-electron chi connectivity index (χ0n) is 17.9. The minimum atomic E-state index is -0.443. The summed E-state index contributed by atoms with van der Waals surface area (Å²) in [5, 5.41) is 0. The summed E-state index contributed by atoms with van der Waals surface area (Å²) in [6.45, 7) is 6.79. The number of halogens is 2. The second kappa shape index (κ2) is 9.12. The first kappa shape index (κ1) is 21.4. The molecule has 0 bridgehead atoms. The minimum Gasteiger partial charge on any atom is -0.349 e. The van der Waals surface area contributed by atoms with Crippen LogP contribution in [0.2, 0.25) is 0 Å². The van der Waals surface area contributed by atoms with E-state index in [1.807, 2.05) is 23.8 Å². The smallest absolute Gasteiger partial charge is 0.178 e.